The second kappa shape index (κ2) is 6.20. The van der Waals surface area contributed by atoms with Crippen LogP contribution in [0.1, 0.15) is 53.6 Å². The molecule has 1 saturated carbocycles. The van der Waals surface area contributed by atoms with Crippen molar-refractivity contribution < 1.29 is 4.79 Å². The molecule has 3 N–H and O–H groups in total. The monoisotopic (exact) mass is 260 g/mol. The molecule has 0 aliphatic heterocycles. The van der Waals surface area contributed by atoms with Crippen molar-refractivity contribution in [3.05, 3.63) is 34.9 Å². The fraction of sp³-hybridized carbons (Fsp3) is 0.562. The number of aryl methyl sites for hydroxylation is 1. The molecule has 104 valence electrons. The minimum absolute atomic E-state index is 0.0172. The Morgan fingerprint density at radius 3 is 2.74 bits per heavy atom. The van der Waals surface area contributed by atoms with Gasteiger partial charge in [0.25, 0.3) is 5.91 Å². The Labute approximate surface area is 115 Å². The predicted octanol–water partition coefficient (Wildman–Crippen LogP) is 2.69. The van der Waals surface area contributed by atoms with Crippen LogP contribution in [-0.2, 0) is 0 Å². The van der Waals surface area contributed by atoms with Gasteiger partial charge < -0.3 is 11.1 Å². The molecule has 1 amide bonds. The van der Waals surface area contributed by atoms with Crippen LogP contribution in [0.3, 0.4) is 0 Å². The van der Waals surface area contributed by atoms with E-state index in [1.54, 1.807) is 0 Å². The quantitative estimate of drug-likeness (QED) is 0.803. The summed E-state index contributed by atoms with van der Waals surface area (Å²) in [5.41, 5.74) is 9.14. The Morgan fingerprint density at radius 1 is 1.21 bits per heavy atom. The first kappa shape index (κ1) is 14.1. The molecule has 0 radical (unpaired) electrons. The highest BCUT2D eigenvalue weighted by molar-refractivity contribution is 5.96. The highest BCUT2D eigenvalue weighted by Crippen LogP contribution is 2.18. The van der Waals surface area contributed by atoms with E-state index in [0.29, 0.717) is 0 Å². The maximum Gasteiger partial charge on any atom is 0.251 e. The first-order chi connectivity index (χ1) is 9.09. The number of hydrogen-bond acceptors (Lipinski definition) is 2. The van der Waals surface area contributed by atoms with Crippen molar-refractivity contribution in [2.24, 2.45) is 5.73 Å². The molecule has 2 unspecified atom stereocenters. The van der Waals surface area contributed by atoms with Crippen molar-refractivity contribution in [1.29, 1.82) is 0 Å². The summed E-state index contributed by atoms with van der Waals surface area (Å²) in [6.07, 6.45) is 5.57. The van der Waals surface area contributed by atoms with Crippen LogP contribution in [0.2, 0.25) is 0 Å². The lowest BCUT2D eigenvalue weighted by Gasteiger charge is -2.23. The van der Waals surface area contributed by atoms with E-state index in [-0.39, 0.29) is 18.0 Å². The molecular weight excluding hydrogens is 236 g/mol. The fourth-order valence-electron chi connectivity index (χ4n) is 2.76. The maximum atomic E-state index is 12.4. The number of hydrogen-bond donors (Lipinski definition) is 2. The van der Waals surface area contributed by atoms with Gasteiger partial charge in [0.2, 0.25) is 0 Å². The summed E-state index contributed by atoms with van der Waals surface area (Å²) in [5, 5.41) is 3.13. The Kier molecular flexibility index (Phi) is 4.59. The molecule has 1 fully saturated rings. The van der Waals surface area contributed by atoms with E-state index in [9.17, 15) is 4.79 Å². The van der Waals surface area contributed by atoms with Gasteiger partial charge in [-0.15, -0.1) is 0 Å². The molecule has 3 heteroatoms. The van der Waals surface area contributed by atoms with E-state index in [1.165, 1.54) is 12.8 Å². The van der Waals surface area contributed by atoms with Gasteiger partial charge >= 0.3 is 0 Å². The van der Waals surface area contributed by atoms with Crippen molar-refractivity contribution in [3.8, 4) is 0 Å². The Balaban J connectivity index is 2.09. The molecule has 2 rings (SSSR count). The van der Waals surface area contributed by atoms with E-state index in [0.717, 1.165) is 36.0 Å². The third-order valence-corrected chi connectivity index (χ3v) is 4.24. The topological polar surface area (TPSA) is 55.1 Å². The zero-order valence-corrected chi connectivity index (χ0v) is 11.9. The van der Waals surface area contributed by atoms with Crippen LogP contribution in [0, 0.1) is 13.8 Å². The Hall–Kier alpha value is -1.35. The molecule has 1 aromatic carbocycles. The maximum absolute atomic E-state index is 12.4. The van der Waals surface area contributed by atoms with Gasteiger partial charge in [-0.2, -0.15) is 0 Å². The molecule has 0 aromatic heterocycles. The molecule has 2 atom stereocenters. The molecule has 19 heavy (non-hydrogen) atoms. The summed E-state index contributed by atoms with van der Waals surface area (Å²) in [7, 11) is 0. The third kappa shape index (κ3) is 3.35. The van der Waals surface area contributed by atoms with E-state index < -0.39 is 0 Å². The van der Waals surface area contributed by atoms with Gasteiger partial charge in [0.05, 0.1) is 0 Å². The number of carbonyl (C=O) groups is 1. The number of nitrogens with one attached hydrogen (secondary N) is 1. The predicted molar refractivity (Wildman–Crippen MR) is 78.2 cm³/mol. The highest BCUT2D eigenvalue weighted by atomic mass is 16.1. The summed E-state index contributed by atoms with van der Waals surface area (Å²) in [5.74, 6) is 0.0172. The molecular formula is C16H24N2O. The highest BCUT2D eigenvalue weighted by Gasteiger charge is 2.23. The number of rotatable bonds is 2. The molecule has 1 aromatic rings. The van der Waals surface area contributed by atoms with E-state index in [2.05, 4.69) is 5.32 Å². The summed E-state index contributed by atoms with van der Waals surface area (Å²) < 4.78 is 0. The first-order valence-corrected chi connectivity index (χ1v) is 7.22. The summed E-state index contributed by atoms with van der Waals surface area (Å²) in [4.78, 5) is 12.4. The van der Waals surface area contributed by atoms with Gasteiger partial charge in [0.15, 0.2) is 0 Å². The van der Waals surface area contributed by atoms with E-state index in [1.807, 2.05) is 32.0 Å². The molecule has 0 saturated heterocycles. The van der Waals surface area contributed by atoms with Gasteiger partial charge in [-0.3, -0.25) is 4.79 Å². The average molecular weight is 260 g/mol. The third-order valence-electron chi connectivity index (χ3n) is 4.24. The Morgan fingerprint density at radius 2 is 1.95 bits per heavy atom. The van der Waals surface area contributed by atoms with Crippen LogP contribution in [0.25, 0.3) is 0 Å². The largest absolute Gasteiger partial charge is 0.348 e. The molecule has 1 aliphatic rings. The number of carbonyl (C=O) groups excluding carboxylic acids is 1. The van der Waals surface area contributed by atoms with Gasteiger partial charge in [-0.05, 0) is 43.9 Å². The van der Waals surface area contributed by atoms with Crippen molar-refractivity contribution in [3.63, 3.8) is 0 Å². The van der Waals surface area contributed by atoms with E-state index >= 15 is 0 Å². The van der Waals surface area contributed by atoms with Crippen molar-refractivity contribution >= 4 is 5.91 Å². The van der Waals surface area contributed by atoms with Crippen LogP contribution >= 0.6 is 0 Å². The Bertz CT molecular complexity index is 456. The lowest BCUT2D eigenvalue weighted by Crippen LogP contribution is -2.47. The average Bonchev–Trinajstić information content (AvgIpc) is 2.58. The number of amides is 1. The standard InChI is InChI=1S/C16H24N2O/c1-11-7-6-8-13(12(11)2)16(19)18-15-10-5-3-4-9-14(15)17/h6-8,14-15H,3-5,9-10,17H2,1-2H3,(H,18,19). The fourth-order valence-corrected chi connectivity index (χ4v) is 2.76. The van der Waals surface area contributed by atoms with Gasteiger partial charge in [-0.1, -0.05) is 31.4 Å². The number of nitrogens with two attached hydrogens (primary N) is 1. The first-order valence-electron chi connectivity index (χ1n) is 7.22. The minimum Gasteiger partial charge on any atom is -0.348 e. The second-order valence-corrected chi connectivity index (χ2v) is 5.63. The second-order valence-electron chi connectivity index (χ2n) is 5.63. The molecule has 0 heterocycles. The summed E-state index contributed by atoms with van der Waals surface area (Å²) in [6, 6.07) is 6.07. The zero-order valence-electron chi connectivity index (χ0n) is 11.9. The van der Waals surface area contributed by atoms with Gasteiger partial charge in [0, 0.05) is 17.6 Å². The van der Waals surface area contributed by atoms with Crippen LogP contribution in [0.15, 0.2) is 18.2 Å². The minimum atomic E-state index is 0.0172. The lowest BCUT2D eigenvalue weighted by atomic mass is 10.0. The summed E-state index contributed by atoms with van der Waals surface area (Å²) >= 11 is 0. The van der Waals surface area contributed by atoms with Crippen LogP contribution in [0.5, 0.6) is 0 Å². The van der Waals surface area contributed by atoms with Crippen molar-refractivity contribution in [2.45, 2.75) is 58.0 Å². The van der Waals surface area contributed by atoms with Crippen LogP contribution in [-0.4, -0.2) is 18.0 Å². The molecule has 0 spiro atoms. The van der Waals surface area contributed by atoms with Crippen molar-refractivity contribution in [2.75, 3.05) is 0 Å². The van der Waals surface area contributed by atoms with Gasteiger partial charge in [-0.25, -0.2) is 0 Å². The normalized spacial score (nSPS) is 23.7. The van der Waals surface area contributed by atoms with Gasteiger partial charge in [0.1, 0.15) is 0 Å². The van der Waals surface area contributed by atoms with Crippen molar-refractivity contribution in [1.82, 2.24) is 5.32 Å². The van der Waals surface area contributed by atoms with Crippen LogP contribution < -0.4 is 11.1 Å². The molecule has 1 aliphatic carbocycles. The molecule has 0 bridgehead atoms. The van der Waals surface area contributed by atoms with E-state index in [4.69, 9.17) is 5.73 Å². The SMILES string of the molecule is Cc1cccc(C(=O)NC2CCCCCC2N)c1C. The lowest BCUT2D eigenvalue weighted by molar-refractivity contribution is 0.0928. The smallest absolute Gasteiger partial charge is 0.251 e. The van der Waals surface area contributed by atoms with Crippen LogP contribution in [0.4, 0.5) is 0 Å². The molecule has 3 nitrogen and oxygen atoms in total. The zero-order chi connectivity index (χ0) is 13.8. The summed E-state index contributed by atoms with van der Waals surface area (Å²) in [6.45, 7) is 4.03. The number of benzene rings is 1.